The van der Waals surface area contributed by atoms with Gasteiger partial charge in [0.15, 0.2) is 0 Å². The van der Waals surface area contributed by atoms with Crippen molar-refractivity contribution >= 4 is 17.3 Å². The summed E-state index contributed by atoms with van der Waals surface area (Å²) < 4.78 is 5.61. The van der Waals surface area contributed by atoms with Gasteiger partial charge in [0.2, 0.25) is 0 Å². The summed E-state index contributed by atoms with van der Waals surface area (Å²) >= 11 is 0. The lowest BCUT2D eigenvalue weighted by Crippen LogP contribution is -2.18. The fraction of sp³-hybridized carbons (Fsp3) is 0.409. The number of rotatable bonds is 5. The van der Waals surface area contributed by atoms with Crippen molar-refractivity contribution in [2.24, 2.45) is 0 Å². The van der Waals surface area contributed by atoms with Gasteiger partial charge >= 0.3 is 0 Å². The number of hydrogen-bond acceptors (Lipinski definition) is 3. The van der Waals surface area contributed by atoms with Crippen LogP contribution in [0.3, 0.4) is 0 Å². The normalized spacial score (nSPS) is 17.1. The molecule has 26 heavy (non-hydrogen) atoms. The highest BCUT2D eigenvalue weighted by Crippen LogP contribution is 2.23. The molecule has 1 fully saturated rings. The Morgan fingerprint density at radius 3 is 2.27 bits per heavy atom. The largest absolute Gasteiger partial charge is 0.382 e. The Balaban J connectivity index is 1.55. The third-order valence-corrected chi connectivity index (χ3v) is 4.71. The number of amides is 1. The van der Waals surface area contributed by atoms with Crippen LogP contribution in [0.4, 0.5) is 11.4 Å². The Morgan fingerprint density at radius 2 is 1.69 bits per heavy atom. The minimum atomic E-state index is -0.0921. The molecule has 0 spiro atoms. The number of nitrogens with one attached hydrogen (secondary N) is 2. The van der Waals surface area contributed by atoms with Crippen LogP contribution < -0.4 is 10.6 Å². The van der Waals surface area contributed by atoms with Gasteiger partial charge in [-0.25, -0.2) is 0 Å². The molecule has 2 aromatic carbocycles. The van der Waals surface area contributed by atoms with Crippen LogP contribution in [0, 0.1) is 0 Å². The Hall–Kier alpha value is -2.33. The molecule has 1 heterocycles. The van der Waals surface area contributed by atoms with Crippen molar-refractivity contribution in [3.8, 4) is 0 Å². The lowest BCUT2D eigenvalue weighted by atomic mass is 9.87. The summed E-state index contributed by atoms with van der Waals surface area (Å²) in [5, 5.41) is 6.33. The number of hydrogen-bond donors (Lipinski definition) is 2. The van der Waals surface area contributed by atoms with Crippen molar-refractivity contribution in [2.45, 2.75) is 45.1 Å². The van der Waals surface area contributed by atoms with E-state index in [1.165, 1.54) is 5.56 Å². The highest BCUT2D eigenvalue weighted by atomic mass is 16.5. The second-order valence-electron chi connectivity index (χ2n) is 7.87. The smallest absolute Gasteiger partial charge is 0.255 e. The van der Waals surface area contributed by atoms with Crippen molar-refractivity contribution in [1.29, 1.82) is 0 Å². The molecule has 1 aliphatic heterocycles. The van der Waals surface area contributed by atoms with E-state index in [1.807, 2.05) is 48.5 Å². The molecule has 0 saturated carbocycles. The molecule has 3 rings (SSSR count). The number of ether oxygens (including phenoxy) is 1. The third-order valence-electron chi connectivity index (χ3n) is 4.71. The first-order valence-corrected chi connectivity index (χ1v) is 9.29. The molecule has 1 aliphatic rings. The van der Waals surface area contributed by atoms with Crippen molar-refractivity contribution in [2.75, 3.05) is 23.8 Å². The maximum atomic E-state index is 12.4. The third kappa shape index (κ3) is 4.85. The fourth-order valence-corrected chi connectivity index (χ4v) is 3.03. The first-order chi connectivity index (χ1) is 12.4. The van der Waals surface area contributed by atoms with Crippen molar-refractivity contribution in [3.63, 3.8) is 0 Å². The topological polar surface area (TPSA) is 50.4 Å². The lowest BCUT2D eigenvalue weighted by Gasteiger charge is -2.19. The van der Waals surface area contributed by atoms with Crippen LogP contribution >= 0.6 is 0 Å². The van der Waals surface area contributed by atoms with E-state index in [2.05, 4.69) is 31.4 Å². The first kappa shape index (κ1) is 18.5. The van der Waals surface area contributed by atoms with Gasteiger partial charge < -0.3 is 15.4 Å². The van der Waals surface area contributed by atoms with Crippen LogP contribution in [0.1, 0.15) is 49.5 Å². The van der Waals surface area contributed by atoms with Gasteiger partial charge in [0.25, 0.3) is 5.91 Å². The van der Waals surface area contributed by atoms with Gasteiger partial charge in [-0.1, -0.05) is 32.9 Å². The highest BCUT2D eigenvalue weighted by Gasteiger charge is 2.15. The van der Waals surface area contributed by atoms with E-state index >= 15 is 0 Å². The number of anilines is 2. The minimum Gasteiger partial charge on any atom is -0.382 e. The van der Waals surface area contributed by atoms with E-state index in [4.69, 9.17) is 4.74 Å². The minimum absolute atomic E-state index is 0.0847. The summed E-state index contributed by atoms with van der Waals surface area (Å²) in [6, 6.07) is 15.6. The molecular weight excluding hydrogens is 324 g/mol. The molecule has 0 bridgehead atoms. The average Bonchev–Trinajstić information content (AvgIpc) is 3.14. The molecule has 138 valence electrons. The summed E-state index contributed by atoms with van der Waals surface area (Å²) in [5.41, 5.74) is 3.79. The van der Waals surface area contributed by atoms with Crippen LogP contribution in [0.25, 0.3) is 0 Å². The van der Waals surface area contributed by atoms with Gasteiger partial charge in [-0.15, -0.1) is 0 Å². The van der Waals surface area contributed by atoms with Gasteiger partial charge in [-0.2, -0.15) is 0 Å². The number of carbonyl (C=O) groups is 1. The summed E-state index contributed by atoms with van der Waals surface area (Å²) in [6.45, 7) is 8.18. The summed E-state index contributed by atoms with van der Waals surface area (Å²) in [4.78, 5) is 12.4. The van der Waals surface area contributed by atoms with Crippen LogP contribution in [-0.4, -0.2) is 25.2 Å². The molecule has 2 aromatic rings. The van der Waals surface area contributed by atoms with Crippen LogP contribution in [0.2, 0.25) is 0 Å². The zero-order valence-electron chi connectivity index (χ0n) is 15.8. The van der Waals surface area contributed by atoms with Gasteiger partial charge in [-0.3, -0.25) is 4.79 Å². The predicted octanol–water partition coefficient (Wildman–Crippen LogP) is 4.83. The van der Waals surface area contributed by atoms with E-state index in [1.54, 1.807) is 0 Å². The Kier molecular flexibility index (Phi) is 5.62. The molecule has 0 aromatic heterocycles. The molecule has 0 aliphatic carbocycles. The molecule has 0 radical (unpaired) electrons. The van der Waals surface area contributed by atoms with Crippen molar-refractivity contribution in [1.82, 2.24) is 0 Å². The second-order valence-corrected chi connectivity index (χ2v) is 7.87. The number of carbonyl (C=O) groups excluding carboxylic acids is 1. The molecule has 1 saturated heterocycles. The van der Waals surface area contributed by atoms with E-state index in [0.717, 1.165) is 37.4 Å². The standard InChI is InChI=1S/C22H28N2O2/c1-22(2,3)17-8-6-16(7-9-17)21(25)24-19-12-10-18(11-13-19)23-15-20-5-4-14-26-20/h6-13,20,23H,4-5,14-15H2,1-3H3,(H,24,25). The SMILES string of the molecule is CC(C)(C)c1ccc(C(=O)Nc2ccc(NCC3CCCO3)cc2)cc1. The molecule has 4 nitrogen and oxygen atoms in total. The summed E-state index contributed by atoms with van der Waals surface area (Å²) in [6.07, 6.45) is 2.58. The zero-order valence-corrected chi connectivity index (χ0v) is 15.8. The van der Waals surface area contributed by atoms with Crippen LogP contribution in [0.15, 0.2) is 48.5 Å². The molecule has 4 heteroatoms. The molecule has 1 unspecified atom stereocenters. The maximum Gasteiger partial charge on any atom is 0.255 e. The van der Waals surface area contributed by atoms with Crippen molar-refractivity contribution < 1.29 is 9.53 Å². The molecule has 1 atom stereocenters. The summed E-state index contributed by atoms with van der Waals surface area (Å²) in [7, 11) is 0. The monoisotopic (exact) mass is 352 g/mol. The van der Waals surface area contributed by atoms with E-state index in [-0.39, 0.29) is 11.3 Å². The molecule has 1 amide bonds. The molecule has 2 N–H and O–H groups in total. The van der Waals surface area contributed by atoms with E-state index in [0.29, 0.717) is 11.7 Å². The lowest BCUT2D eigenvalue weighted by molar-refractivity contribution is 0.102. The highest BCUT2D eigenvalue weighted by molar-refractivity contribution is 6.04. The van der Waals surface area contributed by atoms with Gasteiger partial charge in [-0.05, 0) is 60.2 Å². The first-order valence-electron chi connectivity index (χ1n) is 9.29. The quantitative estimate of drug-likeness (QED) is 0.810. The Labute approximate surface area is 156 Å². The second kappa shape index (κ2) is 7.92. The van der Waals surface area contributed by atoms with E-state index in [9.17, 15) is 4.79 Å². The fourth-order valence-electron chi connectivity index (χ4n) is 3.03. The van der Waals surface area contributed by atoms with Gasteiger partial charge in [0.05, 0.1) is 6.10 Å². The average molecular weight is 352 g/mol. The van der Waals surface area contributed by atoms with Gasteiger partial charge in [0, 0.05) is 30.1 Å². The molecular formula is C22H28N2O2. The predicted molar refractivity (Wildman–Crippen MR) is 107 cm³/mol. The van der Waals surface area contributed by atoms with Crippen LogP contribution in [-0.2, 0) is 10.2 Å². The zero-order chi connectivity index (χ0) is 18.6. The Bertz CT molecular complexity index is 724. The van der Waals surface area contributed by atoms with Crippen molar-refractivity contribution in [3.05, 3.63) is 59.7 Å². The van der Waals surface area contributed by atoms with E-state index < -0.39 is 0 Å². The number of benzene rings is 2. The van der Waals surface area contributed by atoms with Gasteiger partial charge in [0.1, 0.15) is 0 Å². The Morgan fingerprint density at radius 1 is 1.04 bits per heavy atom. The summed E-state index contributed by atoms with van der Waals surface area (Å²) in [5.74, 6) is -0.0921. The maximum absolute atomic E-state index is 12.4. The van der Waals surface area contributed by atoms with Crippen LogP contribution in [0.5, 0.6) is 0 Å².